The van der Waals surface area contributed by atoms with Crippen LogP contribution in [0.3, 0.4) is 0 Å². The van der Waals surface area contributed by atoms with Crippen LogP contribution in [0.15, 0.2) is 47.4 Å². The van der Waals surface area contributed by atoms with E-state index in [0.717, 1.165) is 36.8 Å². The Balaban J connectivity index is 1.75. The molecule has 25 heavy (non-hydrogen) atoms. The van der Waals surface area contributed by atoms with Crippen LogP contribution in [0.4, 0.5) is 5.69 Å². The highest BCUT2D eigenvalue weighted by molar-refractivity contribution is 7.92. The van der Waals surface area contributed by atoms with Crippen LogP contribution < -0.4 is 5.32 Å². The first-order valence-electron chi connectivity index (χ1n) is 8.60. The summed E-state index contributed by atoms with van der Waals surface area (Å²) in [6.45, 7) is 3.90. The zero-order valence-corrected chi connectivity index (χ0v) is 15.4. The lowest BCUT2D eigenvalue weighted by Crippen LogP contribution is -2.18. The molecule has 0 atom stereocenters. The fourth-order valence-corrected chi connectivity index (χ4v) is 5.28. The predicted octanol–water partition coefficient (Wildman–Crippen LogP) is 4.27. The highest BCUT2D eigenvalue weighted by Crippen LogP contribution is 2.30. The van der Waals surface area contributed by atoms with E-state index in [0.29, 0.717) is 16.1 Å². The Morgan fingerprint density at radius 3 is 2.08 bits per heavy atom. The average molecular weight is 357 g/mol. The van der Waals surface area contributed by atoms with Crippen molar-refractivity contribution in [2.75, 3.05) is 5.32 Å². The quantitative estimate of drug-likeness (QED) is 0.889. The molecule has 0 spiro atoms. The normalized spacial score (nSPS) is 15.3. The van der Waals surface area contributed by atoms with Gasteiger partial charge < -0.3 is 5.32 Å². The number of rotatable bonds is 4. The highest BCUT2D eigenvalue weighted by atomic mass is 32.2. The molecule has 2 aromatic carbocycles. The topological polar surface area (TPSA) is 63.2 Å². The van der Waals surface area contributed by atoms with E-state index in [1.54, 1.807) is 24.3 Å². The largest absolute Gasteiger partial charge is 0.322 e. The van der Waals surface area contributed by atoms with Crippen LogP contribution in [0.5, 0.6) is 0 Å². The molecular formula is C20H23NO3S. The number of benzene rings is 2. The lowest BCUT2D eigenvalue weighted by atomic mass is 10.1. The van der Waals surface area contributed by atoms with Gasteiger partial charge >= 0.3 is 0 Å². The minimum absolute atomic E-state index is 0.196. The Hall–Kier alpha value is -2.14. The highest BCUT2D eigenvalue weighted by Gasteiger charge is 2.30. The van der Waals surface area contributed by atoms with E-state index < -0.39 is 9.84 Å². The van der Waals surface area contributed by atoms with Gasteiger partial charge in [0.2, 0.25) is 0 Å². The molecule has 0 bridgehead atoms. The second-order valence-corrected chi connectivity index (χ2v) is 9.03. The van der Waals surface area contributed by atoms with E-state index in [4.69, 9.17) is 0 Å². The van der Waals surface area contributed by atoms with Crippen molar-refractivity contribution < 1.29 is 13.2 Å². The van der Waals surface area contributed by atoms with Gasteiger partial charge in [-0.1, -0.05) is 30.0 Å². The van der Waals surface area contributed by atoms with Crippen molar-refractivity contribution in [1.29, 1.82) is 0 Å². The number of hydrogen-bond acceptors (Lipinski definition) is 3. The molecule has 0 saturated heterocycles. The molecule has 132 valence electrons. The van der Waals surface area contributed by atoms with Gasteiger partial charge in [0, 0.05) is 11.3 Å². The number of carbonyl (C=O) groups excluding carboxylic acids is 1. The van der Waals surface area contributed by atoms with Crippen molar-refractivity contribution in [3.05, 3.63) is 59.2 Å². The van der Waals surface area contributed by atoms with Gasteiger partial charge in [-0.25, -0.2) is 8.42 Å². The van der Waals surface area contributed by atoms with Crippen molar-refractivity contribution in [2.45, 2.75) is 49.7 Å². The van der Waals surface area contributed by atoms with Crippen LogP contribution in [0, 0.1) is 13.8 Å². The minimum atomic E-state index is -3.26. The molecule has 0 aliphatic heterocycles. The summed E-state index contributed by atoms with van der Waals surface area (Å²) in [5, 5.41) is 2.57. The summed E-state index contributed by atoms with van der Waals surface area (Å²) >= 11 is 0. The Kier molecular flexibility index (Phi) is 4.95. The fraction of sp³-hybridized carbons (Fsp3) is 0.350. The third-order valence-electron chi connectivity index (χ3n) is 4.67. The number of carbonyl (C=O) groups is 1. The summed E-state index contributed by atoms with van der Waals surface area (Å²) in [7, 11) is -3.26. The molecule has 4 nitrogen and oxygen atoms in total. The van der Waals surface area contributed by atoms with E-state index in [1.165, 1.54) is 0 Å². The Labute approximate surface area is 149 Å². The maximum atomic E-state index is 12.6. The minimum Gasteiger partial charge on any atom is -0.322 e. The first kappa shape index (κ1) is 17.7. The molecule has 0 radical (unpaired) electrons. The van der Waals surface area contributed by atoms with Gasteiger partial charge in [-0.15, -0.1) is 0 Å². The molecule has 1 saturated carbocycles. The second kappa shape index (κ2) is 7.00. The molecule has 1 aliphatic rings. The zero-order chi connectivity index (χ0) is 18.0. The smallest absolute Gasteiger partial charge is 0.255 e. The van der Waals surface area contributed by atoms with E-state index in [2.05, 4.69) is 5.32 Å². The van der Waals surface area contributed by atoms with Crippen LogP contribution in [-0.2, 0) is 9.84 Å². The van der Waals surface area contributed by atoms with Crippen LogP contribution in [-0.4, -0.2) is 19.6 Å². The Morgan fingerprint density at radius 1 is 0.960 bits per heavy atom. The average Bonchev–Trinajstić information content (AvgIpc) is 3.09. The Bertz CT molecular complexity index is 859. The number of anilines is 1. The van der Waals surface area contributed by atoms with Crippen LogP contribution in [0.1, 0.15) is 47.2 Å². The summed E-state index contributed by atoms with van der Waals surface area (Å²) in [6.07, 6.45) is 3.45. The Morgan fingerprint density at radius 2 is 1.52 bits per heavy atom. The monoisotopic (exact) mass is 357 g/mol. The van der Waals surface area contributed by atoms with Crippen molar-refractivity contribution in [3.8, 4) is 0 Å². The van der Waals surface area contributed by atoms with Gasteiger partial charge in [0.25, 0.3) is 5.91 Å². The van der Waals surface area contributed by atoms with E-state index in [-0.39, 0.29) is 11.2 Å². The third kappa shape index (κ3) is 3.93. The number of nitrogens with one attached hydrogen (secondary N) is 1. The number of hydrogen-bond donors (Lipinski definition) is 1. The third-order valence-corrected chi connectivity index (χ3v) is 6.94. The van der Waals surface area contributed by atoms with Gasteiger partial charge in [0.1, 0.15) is 0 Å². The maximum Gasteiger partial charge on any atom is 0.255 e. The first-order chi connectivity index (χ1) is 11.9. The van der Waals surface area contributed by atoms with Crippen LogP contribution in [0.25, 0.3) is 0 Å². The van der Waals surface area contributed by atoms with Crippen molar-refractivity contribution >= 4 is 21.4 Å². The van der Waals surface area contributed by atoms with Crippen molar-refractivity contribution in [2.24, 2.45) is 0 Å². The van der Waals surface area contributed by atoms with Crippen LogP contribution >= 0.6 is 0 Å². The number of sulfone groups is 1. The molecule has 1 N–H and O–H groups in total. The lowest BCUT2D eigenvalue weighted by Gasteiger charge is -2.12. The molecule has 0 aromatic heterocycles. The molecule has 5 heteroatoms. The van der Waals surface area contributed by atoms with Gasteiger partial charge in [0.05, 0.1) is 10.1 Å². The fourth-order valence-electron chi connectivity index (χ4n) is 3.43. The predicted molar refractivity (Wildman–Crippen MR) is 99.8 cm³/mol. The van der Waals surface area contributed by atoms with Crippen LogP contribution in [0.2, 0.25) is 0 Å². The standard InChI is InChI=1S/C20H23NO3S/c1-14-11-15(2)13-16(12-14)20(22)21-17-7-9-19(10-8-17)25(23,24)18-5-3-4-6-18/h7-13,18H,3-6H2,1-2H3,(H,21,22). The van der Waals surface area contributed by atoms with Crippen molar-refractivity contribution in [3.63, 3.8) is 0 Å². The molecule has 1 aliphatic carbocycles. The van der Waals surface area contributed by atoms with Gasteiger partial charge in [0.15, 0.2) is 9.84 Å². The zero-order valence-electron chi connectivity index (χ0n) is 14.6. The molecule has 0 heterocycles. The van der Waals surface area contributed by atoms with Gasteiger partial charge in [-0.3, -0.25) is 4.79 Å². The molecule has 0 unspecified atom stereocenters. The summed E-state index contributed by atoms with van der Waals surface area (Å²) in [4.78, 5) is 12.7. The molecule has 1 fully saturated rings. The van der Waals surface area contributed by atoms with Gasteiger partial charge in [-0.05, 0) is 63.1 Å². The molecule has 2 aromatic rings. The maximum absolute atomic E-state index is 12.6. The number of amides is 1. The summed E-state index contributed by atoms with van der Waals surface area (Å²) in [6, 6.07) is 12.2. The molecular weight excluding hydrogens is 334 g/mol. The summed E-state index contributed by atoms with van der Waals surface area (Å²) < 4.78 is 25.2. The summed E-state index contributed by atoms with van der Waals surface area (Å²) in [5.41, 5.74) is 3.25. The molecule has 1 amide bonds. The number of aryl methyl sites for hydroxylation is 2. The molecule has 3 rings (SSSR count). The van der Waals surface area contributed by atoms with E-state index >= 15 is 0 Å². The van der Waals surface area contributed by atoms with E-state index in [9.17, 15) is 13.2 Å². The lowest BCUT2D eigenvalue weighted by molar-refractivity contribution is 0.102. The summed E-state index contributed by atoms with van der Waals surface area (Å²) in [5.74, 6) is -0.196. The van der Waals surface area contributed by atoms with E-state index in [1.807, 2.05) is 32.0 Å². The van der Waals surface area contributed by atoms with Gasteiger partial charge in [-0.2, -0.15) is 0 Å². The van der Waals surface area contributed by atoms with Crippen molar-refractivity contribution in [1.82, 2.24) is 0 Å². The first-order valence-corrected chi connectivity index (χ1v) is 10.1. The SMILES string of the molecule is Cc1cc(C)cc(C(=O)Nc2ccc(S(=O)(=O)C3CCCC3)cc2)c1. The second-order valence-electron chi connectivity index (χ2n) is 6.81.